The Balaban J connectivity index is 2.26. The fourth-order valence-corrected chi connectivity index (χ4v) is 1.66. The molecule has 0 saturated heterocycles. The topological polar surface area (TPSA) is 52.3 Å². The fraction of sp³-hybridized carbons (Fsp3) is 0.889. The minimum atomic E-state index is -0.565. The average molecular weight is 203 g/mol. The van der Waals surface area contributed by atoms with E-state index in [1.54, 1.807) is 0 Å². The summed E-state index contributed by atoms with van der Waals surface area (Å²) in [6.07, 6.45) is 5.66. The molecule has 0 heterocycles. The van der Waals surface area contributed by atoms with Crippen LogP contribution in [0.2, 0.25) is 0 Å². The number of nitrogens with two attached hydrogens (primary N) is 1. The van der Waals surface area contributed by atoms with Gasteiger partial charge in [-0.25, -0.2) is 0 Å². The van der Waals surface area contributed by atoms with E-state index in [4.69, 9.17) is 10.5 Å². The molecule has 0 amide bonds. The van der Waals surface area contributed by atoms with Gasteiger partial charge in [0.25, 0.3) is 0 Å². The molecule has 13 heavy (non-hydrogen) atoms. The first-order valence-corrected chi connectivity index (χ1v) is 5.44. The van der Waals surface area contributed by atoms with Gasteiger partial charge in [-0.05, 0) is 25.7 Å². The lowest BCUT2D eigenvalue weighted by Crippen LogP contribution is -2.36. The highest BCUT2D eigenvalue weighted by Gasteiger charge is 2.20. The number of hydrogen-bond donors (Lipinski definition) is 2. The van der Waals surface area contributed by atoms with E-state index in [2.05, 4.69) is 12.6 Å². The number of hydrogen-bond acceptors (Lipinski definition) is 4. The number of rotatable bonds is 3. The Morgan fingerprint density at radius 3 is 2.62 bits per heavy atom. The van der Waals surface area contributed by atoms with E-state index >= 15 is 0 Å². The summed E-state index contributed by atoms with van der Waals surface area (Å²) in [5.74, 6) is 0.0489. The summed E-state index contributed by atoms with van der Waals surface area (Å²) in [5.41, 5.74) is 5.48. The normalized spacial score (nSPS) is 21.1. The molecular formula is C9H17NO2S. The molecule has 1 aliphatic carbocycles. The number of carbonyl (C=O) groups is 1. The Morgan fingerprint density at radius 2 is 2.08 bits per heavy atom. The van der Waals surface area contributed by atoms with Gasteiger partial charge in [0.15, 0.2) is 0 Å². The van der Waals surface area contributed by atoms with Crippen molar-refractivity contribution in [2.45, 2.75) is 44.2 Å². The van der Waals surface area contributed by atoms with Crippen molar-refractivity contribution in [3.63, 3.8) is 0 Å². The third-order valence-corrected chi connectivity index (χ3v) is 2.73. The van der Waals surface area contributed by atoms with Crippen molar-refractivity contribution >= 4 is 18.6 Å². The summed E-state index contributed by atoms with van der Waals surface area (Å²) in [7, 11) is 0. The molecule has 4 heteroatoms. The lowest BCUT2D eigenvalue weighted by Gasteiger charge is -2.22. The monoisotopic (exact) mass is 203 g/mol. The molecule has 0 radical (unpaired) electrons. The zero-order valence-electron chi connectivity index (χ0n) is 7.74. The lowest BCUT2D eigenvalue weighted by atomic mass is 9.98. The second-order valence-electron chi connectivity index (χ2n) is 3.49. The van der Waals surface area contributed by atoms with Crippen molar-refractivity contribution in [3.8, 4) is 0 Å². The van der Waals surface area contributed by atoms with Crippen LogP contribution in [0.1, 0.15) is 32.1 Å². The van der Waals surface area contributed by atoms with Crippen molar-refractivity contribution in [2.24, 2.45) is 5.73 Å². The quantitative estimate of drug-likeness (QED) is 0.534. The van der Waals surface area contributed by atoms with Gasteiger partial charge in [-0.3, -0.25) is 4.79 Å². The molecule has 0 unspecified atom stereocenters. The summed E-state index contributed by atoms with van der Waals surface area (Å²) in [6.45, 7) is 0. The first-order valence-electron chi connectivity index (χ1n) is 4.81. The molecule has 1 saturated carbocycles. The number of esters is 1. The van der Waals surface area contributed by atoms with Crippen LogP contribution in [0.5, 0.6) is 0 Å². The van der Waals surface area contributed by atoms with Gasteiger partial charge in [0.2, 0.25) is 0 Å². The maximum absolute atomic E-state index is 11.2. The maximum atomic E-state index is 11.2. The molecular weight excluding hydrogens is 186 g/mol. The Bertz CT molecular complexity index is 169. The van der Waals surface area contributed by atoms with Crippen molar-refractivity contribution in [1.82, 2.24) is 0 Å². The Morgan fingerprint density at radius 1 is 1.46 bits per heavy atom. The average Bonchev–Trinajstić information content (AvgIpc) is 2.18. The molecule has 1 fully saturated rings. The number of ether oxygens (including phenoxy) is 1. The van der Waals surface area contributed by atoms with Gasteiger partial charge in [-0.1, -0.05) is 6.42 Å². The third kappa shape index (κ3) is 3.56. The van der Waals surface area contributed by atoms with E-state index in [1.165, 1.54) is 6.42 Å². The summed E-state index contributed by atoms with van der Waals surface area (Å²) in [5, 5.41) is 0. The summed E-state index contributed by atoms with van der Waals surface area (Å²) < 4.78 is 5.23. The van der Waals surface area contributed by atoms with Crippen molar-refractivity contribution in [1.29, 1.82) is 0 Å². The van der Waals surface area contributed by atoms with Gasteiger partial charge < -0.3 is 10.5 Å². The first-order chi connectivity index (χ1) is 6.24. The zero-order valence-corrected chi connectivity index (χ0v) is 8.63. The van der Waals surface area contributed by atoms with Gasteiger partial charge in [0.1, 0.15) is 12.1 Å². The predicted octanol–water partition coefficient (Wildman–Crippen LogP) is 1.12. The molecule has 76 valence electrons. The van der Waals surface area contributed by atoms with Gasteiger partial charge in [0.05, 0.1) is 0 Å². The minimum absolute atomic E-state index is 0.104. The zero-order chi connectivity index (χ0) is 9.68. The van der Waals surface area contributed by atoms with Crippen molar-refractivity contribution in [3.05, 3.63) is 0 Å². The Labute approximate surface area is 84.4 Å². The van der Waals surface area contributed by atoms with E-state index < -0.39 is 6.04 Å². The van der Waals surface area contributed by atoms with Crippen LogP contribution in [0.4, 0.5) is 0 Å². The SMILES string of the molecule is N[C@@H](CS)C(=O)OC1CCCCC1. The van der Waals surface area contributed by atoms with Crippen LogP contribution in [0.3, 0.4) is 0 Å². The van der Waals surface area contributed by atoms with Crippen LogP contribution in [-0.2, 0) is 9.53 Å². The molecule has 0 aromatic rings. The minimum Gasteiger partial charge on any atom is -0.461 e. The summed E-state index contributed by atoms with van der Waals surface area (Å²) >= 11 is 3.95. The molecule has 3 nitrogen and oxygen atoms in total. The second kappa shape index (κ2) is 5.50. The molecule has 1 aliphatic rings. The van der Waals surface area contributed by atoms with Crippen LogP contribution < -0.4 is 5.73 Å². The molecule has 1 rings (SSSR count). The first kappa shape index (κ1) is 10.9. The number of thiol groups is 1. The van der Waals surface area contributed by atoms with E-state index in [0.717, 1.165) is 25.7 Å². The van der Waals surface area contributed by atoms with Crippen molar-refractivity contribution in [2.75, 3.05) is 5.75 Å². The largest absolute Gasteiger partial charge is 0.461 e. The van der Waals surface area contributed by atoms with Crippen molar-refractivity contribution < 1.29 is 9.53 Å². The molecule has 0 spiro atoms. The third-order valence-electron chi connectivity index (χ3n) is 2.33. The van der Waals surface area contributed by atoms with E-state index in [-0.39, 0.29) is 12.1 Å². The summed E-state index contributed by atoms with van der Waals surface area (Å²) in [6, 6.07) is -0.565. The van der Waals surface area contributed by atoms with E-state index in [1.807, 2.05) is 0 Å². The van der Waals surface area contributed by atoms with Gasteiger partial charge >= 0.3 is 5.97 Å². The lowest BCUT2D eigenvalue weighted by molar-refractivity contribution is -0.151. The molecule has 0 aromatic carbocycles. The second-order valence-corrected chi connectivity index (χ2v) is 3.85. The van der Waals surface area contributed by atoms with Crippen LogP contribution in [0.25, 0.3) is 0 Å². The maximum Gasteiger partial charge on any atom is 0.324 e. The smallest absolute Gasteiger partial charge is 0.324 e. The molecule has 0 bridgehead atoms. The van der Waals surface area contributed by atoms with Crippen LogP contribution in [-0.4, -0.2) is 23.9 Å². The van der Waals surface area contributed by atoms with E-state index in [9.17, 15) is 4.79 Å². The predicted molar refractivity (Wildman–Crippen MR) is 54.8 cm³/mol. The highest BCUT2D eigenvalue weighted by atomic mass is 32.1. The molecule has 0 aromatic heterocycles. The Hall–Kier alpha value is -0.220. The Kier molecular flexibility index (Phi) is 4.59. The van der Waals surface area contributed by atoms with Gasteiger partial charge in [-0.2, -0.15) is 12.6 Å². The van der Waals surface area contributed by atoms with Crippen LogP contribution in [0, 0.1) is 0 Å². The van der Waals surface area contributed by atoms with Crippen LogP contribution >= 0.6 is 12.6 Å². The number of carbonyl (C=O) groups excluding carboxylic acids is 1. The standard InChI is InChI=1S/C9H17NO2S/c10-8(6-13)9(11)12-7-4-2-1-3-5-7/h7-8,13H,1-6,10H2/t8-/m0/s1. The highest BCUT2D eigenvalue weighted by Crippen LogP contribution is 2.20. The summed E-state index contributed by atoms with van der Waals surface area (Å²) in [4.78, 5) is 11.2. The fourth-order valence-electron chi connectivity index (χ4n) is 1.51. The van der Waals surface area contributed by atoms with Gasteiger partial charge in [0, 0.05) is 5.75 Å². The van der Waals surface area contributed by atoms with Gasteiger partial charge in [-0.15, -0.1) is 0 Å². The molecule has 2 N–H and O–H groups in total. The highest BCUT2D eigenvalue weighted by molar-refractivity contribution is 7.80. The molecule has 1 atom stereocenters. The molecule has 0 aliphatic heterocycles. The van der Waals surface area contributed by atoms with Crippen LogP contribution in [0.15, 0.2) is 0 Å². The van der Waals surface area contributed by atoms with E-state index in [0.29, 0.717) is 5.75 Å².